The van der Waals surface area contributed by atoms with Crippen molar-refractivity contribution in [2.75, 3.05) is 0 Å². The van der Waals surface area contributed by atoms with Gasteiger partial charge in [0.25, 0.3) is 0 Å². The Balaban J connectivity index is 1.82. The van der Waals surface area contributed by atoms with Gasteiger partial charge in [-0.05, 0) is 48.5 Å². The van der Waals surface area contributed by atoms with Crippen LogP contribution in [0.5, 0.6) is 0 Å². The van der Waals surface area contributed by atoms with Gasteiger partial charge in [0, 0.05) is 40.6 Å². The van der Waals surface area contributed by atoms with Gasteiger partial charge < -0.3 is 18.3 Å². The fourth-order valence-corrected chi connectivity index (χ4v) is 3.51. The summed E-state index contributed by atoms with van der Waals surface area (Å²) in [4.78, 5) is 0. The maximum Gasteiger partial charge on any atom is 0.0650 e. The zero-order chi connectivity index (χ0) is 16.8. The van der Waals surface area contributed by atoms with Crippen molar-refractivity contribution in [3.8, 4) is 34.2 Å². The predicted octanol–water partition coefficient (Wildman–Crippen LogP) is 4.04. The highest BCUT2D eigenvalue weighted by molar-refractivity contribution is 5.70. The summed E-state index contributed by atoms with van der Waals surface area (Å²) in [6.45, 7) is 0. The van der Waals surface area contributed by atoms with Gasteiger partial charge in [0.2, 0.25) is 0 Å². The molecule has 4 heterocycles. The fraction of sp³-hybridized carbons (Fsp3) is 0.200. The van der Waals surface area contributed by atoms with Crippen molar-refractivity contribution in [2.24, 2.45) is 28.2 Å². The molecule has 0 aromatic carbocycles. The third kappa shape index (κ3) is 2.07. The van der Waals surface area contributed by atoms with Crippen LogP contribution in [0.25, 0.3) is 34.2 Å². The van der Waals surface area contributed by atoms with Crippen molar-refractivity contribution in [2.45, 2.75) is 0 Å². The average molecular weight is 318 g/mol. The Morgan fingerprint density at radius 2 is 0.792 bits per heavy atom. The fourth-order valence-electron chi connectivity index (χ4n) is 3.51. The topological polar surface area (TPSA) is 19.7 Å². The Labute approximate surface area is 142 Å². The van der Waals surface area contributed by atoms with Crippen LogP contribution in [0.1, 0.15) is 0 Å². The molecule has 0 aliphatic carbocycles. The molecule has 0 N–H and O–H groups in total. The second-order valence-electron chi connectivity index (χ2n) is 6.33. The molecule has 0 spiro atoms. The SMILES string of the molecule is Cn1cccc1-c1ccc(-c2ccc(-c3cccn3C)n2C)n1C. The minimum absolute atomic E-state index is 1.22. The average Bonchev–Trinajstić information content (AvgIpc) is 3.30. The summed E-state index contributed by atoms with van der Waals surface area (Å²) in [5, 5.41) is 0. The van der Waals surface area contributed by atoms with E-state index >= 15 is 0 Å². The van der Waals surface area contributed by atoms with Gasteiger partial charge in [-0.1, -0.05) is 0 Å². The van der Waals surface area contributed by atoms with E-state index in [0.717, 1.165) is 0 Å². The normalized spacial score (nSPS) is 11.3. The molecule has 0 unspecified atom stereocenters. The molecule has 24 heavy (non-hydrogen) atoms. The van der Waals surface area contributed by atoms with E-state index in [1.54, 1.807) is 0 Å². The summed E-state index contributed by atoms with van der Waals surface area (Å²) in [5.74, 6) is 0. The number of aryl methyl sites for hydroxylation is 2. The molecule has 0 bridgehead atoms. The Morgan fingerprint density at radius 1 is 0.458 bits per heavy atom. The van der Waals surface area contributed by atoms with Crippen molar-refractivity contribution in [1.29, 1.82) is 0 Å². The molecule has 4 nitrogen and oxygen atoms in total. The number of hydrogen-bond donors (Lipinski definition) is 0. The van der Waals surface area contributed by atoms with Gasteiger partial charge in [0.1, 0.15) is 0 Å². The second kappa shape index (κ2) is 5.34. The molecule has 0 amide bonds. The van der Waals surface area contributed by atoms with E-state index in [9.17, 15) is 0 Å². The monoisotopic (exact) mass is 318 g/mol. The molecular weight excluding hydrogens is 296 g/mol. The zero-order valence-electron chi connectivity index (χ0n) is 14.6. The van der Waals surface area contributed by atoms with E-state index in [2.05, 4.69) is 107 Å². The molecule has 4 rings (SSSR count). The molecule has 4 aromatic rings. The second-order valence-corrected chi connectivity index (χ2v) is 6.33. The van der Waals surface area contributed by atoms with Crippen molar-refractivity contribution in [3.63, 3.8) is 0 Å². The summed E-state index contributed by atoms with van der Waals surface area (Å²) in [6.07, 6.45) is 4.16. The van der Waals surface area contributed by atoms with Crippen LogP contribution < -0.4 is 0 Å². The maximum atomic E-state index is 2.26. The van der Waals surface area contributed by atoms with E-state index in [-0.39, 0.29) is 0 Å². The van der Waals surface area contributed by atoms with E-state index in [0.29, 0.717) is 0 Å². The summed E-state index contributed by atoms with van der Waals surface area (Å²) in [5.41, 5.74) is 7.32. The van der Waals surface area contributed by atoms with E-state index in [1.807, 2.05) is 0 Å². The lowest BCUT2D eigenvalue weighted by atomic mass is 10.3. The van der Waals surface area contributed by atoms with E-state index in [4.69, 9.17) is 0 Å². The first kappa shape index (κ1) is 14.7. The Hall–Kier alpha value is -2.88. The third-order valence-corrected chi connectivity index (χ3v) is 4.92. The molecule has 4 aromatic heterocycles. The van der Waals surface area contributed by atoms with Gasteiger partial charge in [-0.15, -0.1) is 0 Å². The first-order valence-electron chi connectivity index (χ1n) is 8.13. The van der Waals surface area contributed by atoms with Crippen molar-refractivity contribution in [1.82, 2.24) is 18.3 Å². The number of hydrogen-bond acceptors (Lipinski definition) is 0. The number of nitrogens with zero attached hydrogens (tertiary/aromatic N) is 4. The van der Waals surface area contributed by atoms with Crippen LogP contribution in [0.2, 0.25) is 0 Å². The molecule has 0 atom stereocenters. The minimum Gasteiger partial charge on any atom is -0.349 e. The maximum absolute atomic E-state index is 2.26. The lowest BCUT2D eigenvalue weighted by Gasteiger charge is -2.12. The third-order valence-electron chi connectivity index (χ3n) is 4.92. The molecule has 122 valence electrons. The van der Waals surface area contributed by atoms with Crippen molar-refractivity contribution < 1.29 is 0 Å². The van der Waals surface area contributed by atoms with Gasteiger partial charge in [0.15, 0.2) is 0 Å². The Morgan fingerprint density at radius 3 is 1.08 bits per heavy atom. The molecule has 0 saturated carbocycles. The molecule has 0 radical (unpaired) electrons. The lowest BCUT2D eigenvalue weighted by Crippen LogP contribution is -2.02. The van der Waals surface area contributed by atoms with Crippen molar-refractivity contribution in [3.05, 3.63) is 60.9 Å². The zero-order valence-corrected chi connectivity index (χ0v) is 14.6. The first-order valence-corrected chi connectivity index (χ1v) is 8.13. The Kier molecular flexibility index (Phi) is 3.27. The van der Waals surface area contributed by atoms with Gasteiger partial charge in [-0.25, -0.2) is 0 Å². The molecule has 0 saturated heterocycles. The van der Waals surface area contributed by atoms with Crippen molar-refractivity contribution >= 4 is 0 Å². The van der Waals surface area contributed by atoms with Crippen LogP contribution in [0.15, 0.2) is 60.9 Å². The van der Waals surface area contributed by atoms with Gasteiger partial charge in [-0.2, -0.15) is 0 Å². The van der Waals surface area contributed by atoms with Crippen LogP contribution >= 0.6 is 0 Å². The molecule has 0 aliphatic rings. The number of aromatic nitrogens is 4. The highest BCUT2D eigenvalue weighted by Crippen LogP contribution is 2.31. The predicted molar refractivity (Wildman–Crippen MR) is 98.6 cm³/mol. The summed E-state index contributed by atoms with van der Waals surface area (Å²) >= 11 is 0. The van der Waals surface area contributed by atoms with Crippen LogP contribution in [0.4, 0.5) is 0 Å². The smallest absolute Gasteiger partial charge is 0.0650 e. The summed E-state index contributed by atoms with van der Waals surface area (Å²) in [7, 11) is 8.43. The highest BCUT2D eigenvalue weighted by atomic mass is 15.1. The van der Waals surface area contributed by atoms with E-state index in [1.165, 1.54) is 34.2 Å². The Bertz CT molecular complexity index is 924. The van der Waals surface area contributed by atoms with Gasteiger partial charge in [0.05, 0.1) is 34.2 Å². The van der Waals surface area contributed by atoms with Crippen LogP contribution in [0.3, 0.4) is 0 Å². The van der Waals surface area contributed by atoms with Crippen LogP contribution in [-0.4, -0.2) is 18.3 Å². The highest BCUT2D eigenvalue weighted by Gasteiger charge is 2.15. The van der Waals surface area contributed by atoms with Crippen LogP contribution in [0, 0.1) is 0 Å². The minimum atomic E-state index is 1.22. The standard InChI is InChI=1S/C20H22N4/c1-21-13-5-7-15(21)17-9-11-19(23(17)3)20-12-10-18(24(20)4)16-8-6-14-22(16)2/h5-14H,1-4H3. The molecular formula is C20H22N4. The quantitative estimate of drug-likeness (QED) is 0.543. The summed E-state index contributed by atoms with van der Waals surface area (Å²) < 4.78 is 8.83. The van der Waals surface area contributed by atoms with Gasteiger partial charge in [-0.3, -0.25) is 0 Å². The lowest BCUT2D eigenvalue weighted by molar-refractivity contribution is 0.862. The number of rotatable bonds is 3. The summed E-state index contributed by atoms with van der Waals surface area (Å²) in [6, 6.07) is 17.3. The first-order chi connectivity index (χ1) is 11.6. The largest absolute Gasteiger partial charge is 0.349 e. The van der Waals surface area contributed by atoms with Crippen LogP contribution in [-0.2, 0) is 28.2 Å². The molecule has 4 heteroatoms. The molecule has 0 fully saturated rings. The molecule has 0 aliphatic heterocycles. The van der Waals surface area contributed by atoms with Gasteiger partial charge >= 0.3 is 0 Å². The van der Waals surface area contributed by atoms with E-state index < -0.39 is 0 Å².